The average molecular weight is 526 g/mol. The molecule has 3 rings (SSSR count). The van der Waals surface area contributed by atoms with Gasteiger partial charge in [-0.3, -0.25) is 19.2 Å². The number of likely N-dealkylation sites (N-methyl/N-ethyl adjacent to an activating group) is 1. The van der Waals surface area contributed by atoms with Crippen LogP contribution in [0.4, 0.5) is 11.4 Å². The molecule has 0 unspecified atom stereocenters. The van der Waals surface area contributed by atoms with Crippen molar-refractivity contribution in [3.05, 3.63) is 94.0 Å². The van der Waals surface area contributed by atoms with Crippen LogP contribution in [0, 0.1) is 0 Å². The van der Waals surface area contributed by atoms with E-state index in [1.165, 1.54) is 21.7 Å². The molecule has 0 saturated heterocycles. The monoisotopic (exact) mass is 525 g/mol. The minimum absolute atomic E-state index is 0.0761. The first-order valence-electron chi connectivity index (χ1n) is 11.0. The molecule has 0 spiro atoms. The highest BCUT2D eigenvalue weighted by atomic mass is 35.5. The predicted octanol–water partition coefficient (Wildman–Crippen LogP) is 4.85. The maximum atomic E-state index is 13.3. The number of anilines is 2. The number of ketones is 1. The van der Waals surface area contributed by atoms with Crippen molar-refractivity contribution in [1.29, 1.82) is 0 Å². The Morgan fingerprint density at radius 1 is 0.750 bits per heavy atom. The summed E-state index contributed by atoms with van der Waals surface area (Å²) >= 11 is 12.2. The van der Waals surface area contributed by atoms with Crippen molar-refractivity contribution in [2.75, 3.05) is 30.9 Å². The molecule has 0 radical (unpaired) electrons. The van der Waals surface area contributed by atoms with Gasteiger partial charge < -0.3 is 14.7 Å². The predicted molar refractivity (Wildman–Crippen MR) is 142 cm³/mol. The number of hydrogen-bond donors (Lipinski definition) is 0. The second-order valence-corrected chi connectivity index (χ2v) is 9.09. The number of carbonyl (C=O) groups is 4. The largest absolute Gasteiger partial charge is 0.345 e. The molecule has 0 aromatic heterocycles. The number of Topliss-reactive ketones (excluding diaryl/α,β-unsaturated/α-hetero) is 1. The second-order valence-electron chi connectivity index (χ2n) is 8.27. The summed E-state index contributed by atoms with van der Waals surface area (Å²) in [6, 6.07) is 20.1. The molecule has 0 fully saturated rings. The van der Waals surface area contributed by atoms with E-state index < -0.39 is 24.0 Å². The van der Waals surface area contributed by atoms with E-state index in [9.17, 15) is 19.2 Å². The molecule has 7 nitrogen and oxygen atoms in total. The molecule has 0 aliphatic heterocycles. The van der Waals surface area contributed by atoms with Gasteiger partial charge in [0.15, 0.2) is 0 Å². The quantitative estimate of drug-likeness (QED) is 0.311. The number of hydrogen-bond acceptors (Lipinski definition) is 4. The Hall–Kier alpha value is -3.68. The van der Waals surface area contributed by atoms with Crippen molar-refractivity contribution in [1.82, 2.24) is 4.90 Å². The van der Waals surface area contributed by atoms with Gasteiger partial charge in [0.25, 0.3) is 11.8 Å². The summed E-state index contributed by atoms with van der Waals surface area (Å²) < 4.78 is 0. The smallest absolute Gasteiger partial charge is 0.294 e. The molecule has 3 amide bonds. The molecule has 0 heterocycles. The Bertz CT molecular complexity index is 1280. The van der Waals surface area contributed by atoms with Crippen LogP contribution in [0.2, 0.25) is 10.0 Å². The molecule has 186 valence electrons. The van der Waals surface area contributed by atoms with Crippen LogP contribution >= 0.6 is 23.2 Å². The van der Waals surface area contributed by atoms with Gasteiger partial charge in [-0.25, -0.2) is 0 Å². The lowest BCUT2D eigenvalue weighted by molar-refractivity contribution is -0.138. The molecule has 3 aromatic rings. The lowest BCUT2D eigenvalue weighted by Crippen LogP contribution is -2.38. The number of carbonyl (C=O) groups excluding carboxylic acids is 4. The summed E-state index contributed by atoms with van der Waals surface area (Å²) in [6.07, 6.45) is -0.629. The van der Waals surface area contributed by atoms with Crippen molar-refractivity contribution in [3.63, 3.8) is 0 Å². The zero-order chi connectivity index (χ0) is 26.4. The fourth-order valence-corrected chi connectivity index (χ4v) is 3.77. The van der Waals surface area contributed by atoms with Gasteiger partial charge in [-0.1, -0.05) is 47.5 Å². The van der Waals surface area contributed by atoms with E-state index in [4.69, 9.17) is 23.2 Å². The van der Waals surface area contributed by atoms with Crippen molar-refractivity contribution in [2.45, 2.75) is 13.0 Å². The summed E-state index contributed by atoms with van der Waals surface area (Å²) in [5, 5.41) is 0.693. The van der Waals surface area contributed by atoms with Gasteiger partial charge in [-0.2, -0.15) is 0 Å². The fraction of sp³-hybridized carbons (Fsp3) is 0.185. The van der Waals surface area contributed by atoms with E-state index in [1.54, 1.807) is 86.9 Å². The zero-order valence-corrected chi connectivity index (χ0v) is 21.6. The average Bonchev–Trinajstić information content (AvgIpc) is 2.88. The van der Waals surface area contributed by atoms with Crippen molar-refractivity contribution in [3.8, 4) is 0 Å². The van der Waals surface area contributed by atoms with Crippen molar-refractivity contribution < 1.29 is 19.2 Å². The molecule has 9 heteroatoms. The Morgan fingerprint density at radius 3 is 1.97 bits per heavy atom. The van der Waals surface area contributed by atoms with Gasteiger partial charge in [0.05, 0.1) is 23.0 Å². The zero-order valence-electron chi connectivity index (χ0n) is 20.1. The van der Waals surface area contributed by atoms with Crippen LogP contribution in [0.15, 0.2) is 72.8 Å². The van der Waals surface area contributed by atoms with E-state index in [2.05, 4.69) is 0 Å². The highest BCUT2D eigenvalue weighted by molar-refractivity contribution is 6.44. The van der Waals surface area contributed by atoms with E-state index in [0.717, 1.165) is 0 Å². The standard InChI is InChI=1S/C27H25Cl2N3O4/c1-30(2)26(35)19-10-12-21(13-11-19)32(17-18-9-14-22(28)23(29)15-18)25(34)16-24(33)27(36)31(3)20-7-5-4-6-8-20/h4-15H,16-17H2,1-3H3. The molecule has 0 N–H and O–H groups in total. The molecule has 36 heavy (non-hydrogen) atoms. The number of benzene rings is 3. The normalized spacial score (nSPS) is 10.5. The van der Waals surface area contributed by atoms with Gasteiger partial charge >= 0.3 is 0 Å². The van der Waals surface area contributed by atoms with Gasteiger partial charge in [0, 0.05) is 38.1 Å². The topological polar surface area (TPSA) is 78.0 Å². The van der Waals surface area contributed by atoms with Gasteiger partial charge in [-0.05, 0) is 54.1 Å². The molecular weight excluding hydrogens is 501 g/mol. The van der Waals surface area contributed by atoms with Crippen LogP contribution in [0.25, 0.3) is 0 Å². The molecule has 0 saturated carbocycles. The molecule has 0 bridgehead atoms. The second kappa shape index (κ2) is 11.8. The maximum Gasteiger partial charge on any atom is 0.294 e. The summed E-state index contributed by atoms with van der Waals surface area (Å²) in [6.45, 7) is 0.0761. The van der Waals surface area contributed by atoms with E-state index >= 15 is 0 Å². The summed E-state index contributed by atoms with van der Waals surface area (Å²) in [4.78, 5) is 55.0. The minimum Gasteiger partial charge on any atom is -0.345 e. The minimum atomic E-state index is -0.843. The third kappa shape index (κ3) is 6.50. The van der Waals surface area contributed by atoms with Crippen molar-refractivity contribution >= 4 is 58.1 Å². The first kappa shape index (κ1) is 26.9. The highest BCUT2D eigenvalue weighted by Gasteiger charge is 2.26. The third-order valence-corrected chi connectivity index (χ3v) is 6.20. The molecule has 0 atom stereocenters. The number of para-hydroxylation sites is 1. The highest BCUT2D eigenvalue weighted by Crippen LogP contribution is 2.26. The fourth-order valence-electron chi connectivity index (χ4n) is 3.45. The molecule has 3 aromatic carbocycles. The van der Waals surface area contributed by atoms with E-state index in [1.807, 2.05) is 0 Å². The summed E-state index contributed by atoms with van der Waals surface area (Å²) in [7, 11) is 4.77. The third-order valence-electron chi connectivity index (χ3n) is 5.46. The first-order valence-corrected chi connectivity index (χ1v) is 11.8. The number of halogens is 2. The number of rotatable bonds is 8. The molecule has 0 aliphatic rings. The Morgan fingerprint density at radius 2 is 1.39 bits per heavy atom. The van der Waals surface area contributed by atoms with Crippen LogP contribution < -0.4 is 9.80 Å². The van der Waals surface area contributed by atoms with Gasteiger partial charge in [0.2, 0.25) is 11.7 Å². The number of nitrogens with zero attached hydrogens (tertiary/aromatic N) is 3. The van der Waals surface area contributed by atoms with Gasteiger partial charge in [-0.15, -0.1) is 0 Å². The number of amides is 3. The Balaban J connectivity index is 1.86. The van der Waals surface area contributed by atoms with Crippen LogP contribution in [0.1, 0.15) is 22.3 Å². The van der Waals surface area contributed by atoms with E-state index in [-0.39, 0.29) is 12.5 Å². The van der Waals surface area contributed by atoms with Gasteiger partial charge in [0.1, 0.15) is 0 Å². The van der Waals surface area contributed by atoms with Crippen LogP contribution in [-0.2, 0) is 20.9 Å². The maximum absolute atomic E-state index is 13.3. The molecular formula is C27H25Cl2N3O4. The lowest BCUT2D eigenvalue weighted by atomic mass is 10.1. The Labute approximate surface area is 219 Å². The van der Waals surface area contributed by atoms with Crippen molar-refractivity contribution in [2.24, 2.45) is 0 Å². The van der Waals surface area contributed by atoms with Crippen LogP contribution in [-0.4, -0.2) is 49.5 Å². The SMILES string of the molecule is CN(C)C(=O)c1ccc(N(Cc2ccc(Cl)c(Cl)c2)C(=O)CC(=O)C(=O)N(C)c2ccccc2)cc1. The van der Waals surface area contributed by atoms with E-state index in [0.29, 0.717) is 32.5 Å². The summed E-state index contributed by atoms with van der Waals surface area (Å²) in [5.41, 5.74) is 2.11. The summed E-state index contributed by atoms with van der Waals surface area (Å²) in [5.74, 6) is -2.40. The molecule has 0 aliphatic carbocycles. The lowest BCUT2D eigenvalue weighted by Gasteiger charge is -2.24. The van der Waals surface area contributed by atoms with Crippen LogP contribution in [0.5, 0.6) is 0 Å². The Kier molecular flexibility index (Phi) is 8.85. The van der Waals surface area contributed by atoms with Crippen LogP contribution in [0.3, 0.4) is 0 Å². The first-order chi connectivity index (χ1) is 17.1.